The maximum Gasteiger partial charge on any atom is 0.117 e. The van der Waals surface area contributed by atoms with E-state index in [1.54, 1.807) is 32.6 Å². The van der Waals surface area contributed by atoms with Gasteiger partial charge in [-0.1, -0.05) is 0 Å². The smallest absolute Gasteiger partial charge is 0.117 e. The molecule has 1 aromatic rings. The molecule has 0 aromatic carbocycles. The number of anilines is 1. The number of fused-ring (bicyclic) bond motifs is 1. The number of rotatable bonds is 7. The Morgan fingerprint density at radius 3 is 2.85 bits per heavy atom. The van der Waals surface area contributed by atoms with Gasteiger partial charge in [-0.2, -0.15) is 0 Å². The van der Waals surface area contributed by atoms with Gasteiger partial charge in [-0.3, -0.25) is 9.98 Å². The number of methoxy groups -OCH3 is 1. The van der Waals surface area contributed by atoms with Crippen LogP contribution in [-0.2, 0) is 4.74 Å². The van der Waals surface area contributed by atoms with Crippen LogP contribution in [0, 0.1) is 0 Å². The fourth-order valence-electron chi connectivity index (χ4n) is 2.62. The molecule has 0 saturated heterocycles. The van der Waals surface area contributed by atoms with Crippen LogP contribution in [0.3, 0.4) is 0 Å². The molecular weight excluding hydrogens is 342 g/mol. The topological polar surface area (TPSA) is 137 Å². The number of hydrogen-bond acceptors (Lipinski definition) is 8. The quantitative estimate of drug-likeness (QED) is 0.359. The van der Waals surface area contributed by atoms with Crippen molar-refractivity contribution < 1.29 is 4.74 Å². The summed E-state index contributed by atoms with van der Waals surface area (Å²) >= 11 is 0. The van der Waals surface area contributed by atoms with Gasteiger partial charge in [0.2, 0.25) is 0 Å². The van der Waals surface area contributed by atoms with E-state index in [4.69, 9.17) is 21.9 Å². The van der Waals surface area contributed by atoms with Crippen molar-refractivity contribution in [3.05, 3.63) is 59.0 Å². The average molecular weight is 369 g/mol. The van der Waals surface area contributed by atoms with Crippen LogP contribution in [0.15, 0.2) is 52.7 Å². The highest BCUT2D eigenvalue weighted by molar-refractivity contribution is 6.10. The third-order valence-corrected chi connectivity index (χ3v) is 3.86. The molecule has 1 aliphatic rings. The third-order valence-electron chi connectivity index (χ3n) is 3.86. The van der Waals surface area contributed by atoms with Crippen molar-refractivity contribution >= 4 is 23.6 Å². The van der Waals surface area contributed by atoms with E-state index in [2.05, 4.69) is 20.6 Å². The van der Waals surface area contributed by atoms with Crippen molar-refractivity contribution in [1.82, 2.24) is 10.3 Å². The van der Waals surface area contributed by atoms with E-state index in [1.165, 1.54) is 6.20 Å². The lowest BCUT2D eigenvalue weighted by atomic mass is 10.0. The molecule has 1 aliphatic heterocycles. The molecule has 144 valence electrons. The van der Waals surface area contributed by atoms with E-state index in [0.717, 1.165) is 28.1 Å². The molecule has 8 heteroatoms. The van der Waals surface area contributed by atoms with Gasteiger partial charge >= 0.3 is 0 Å². The number of pyridine rings is 1. The standard InChI is InChI=1S/C19H27N7O/c1-12(21)15(10-23-2)14-7-17-16(24-9-14)4-5-19(25-17)26-18(22)6-13(8-20)11-27-3/h4-10,19,25-26H,11,20-22H2,1-3H3/b13-8+,15-12?,18-6+,23-10?. The van der Waals surface area contributed by atoms with Gasteiger partial charge in [0.15, 0.2) is 0 Å². The van der Waals surface area contributed by atoms with Crippen molar-refractivity contribution in [1.29, 1.82) is 0 Å². The predicted molar refractivity (Wildman–Crippen MR) is 111 cm³/mol. The summed E-state index contributed by atoms with van der Waals surface area (Å²) in [5.74, 6) is 0.468. The molecule has 1 aromatic heterocycles. The van der Waals surface area contributed by atoms with E-state index in [0.29, 0.717) is 18.1 Å². The number of ether oxygens (including phenoxy) is 1. The van der Waals surface area contributed by atoms with Crippen molar-refractivity contribution in [2.24, 2.45) is 22.2 Å². The van der Waals surface area contributed by atoms with Crippen LogP contribution in [0.5, 0.6) is 0 Å². The van der Waals surface area contributed by atoms with Gasteiger partial charge in [-0.15, -0.1) is 0 Å². The zero-order valence-corrected chi connectivity index (χ0v) is 15.9. The summed E-state index contributed by atoms with van der Waals surface area (Å²) in [4.78, 5) is 8.55. The Hall–Kier alpha value is -3.26. The SMILES string of the molecule is CN=CC(=C(C)N)c1cnc2c(c1)NC(N/C(N)=C/C(=C\N)COC)C=C2. The van der Waals surface area contributed by atoms with Crippen LogP contribution in [0.2, 0.25) is 0 Å². The molecule has 0 fully saturated rings. The lowest BCUT2D eigenvalue weighted by Gasteiger charge is -2.24. The number of allylic oxidation sites excluding steroid dienone is 2. The Balaban J connectivity index is 2.19. The summed E-state index contributed by atoms with van der Waals surface area (Å²) < 4.78 is 5.07. The Morgan fingerprint density at radius 1 is 1.44 bits per heavy atom. The van der Waals surface area contributed by atoms with Gasteiger partial charge in [0, 0.05) is 43.4 Å². The number of aliphatic imine (C=N–C) groups is 1. The van der Waals surface area contributed by atoms with E-state index in [-0.39, 0.29) is 6.17 Å². The molecule has 8 N–H and O–H groups in total. The maximum absolute atomic E-state index is 6.06. The van der Waals surface area contributed by atoms with Gasteiger partial charge in [-0.25, -0.2) is 0 Å². The first-order valence-electron chi connectivity index (χ1n) is 8.45. The van der Waals surface area contributed by atoms with Gasteiger partial charge in [-0.05, 0) is 43.0 Å². The second-order valence-corrected chi connectivity index (χ2v) is 6.04. The van der Waals surface area contributed by atoms with Gasteiger partial charge in [0.05, 0.1) is 23.8 Å². The number of nitrogens with zero attached hydrogens (tertiary/aromatic N) is 2. The molecule has 0 aliphatic carbocycles. The van der Waals surface area contributed by atoms with Crippen molar-refractivity contribution in [3.8, 4) is 0 Å². The molecule has 2 heterocycles. The minimum Gasteiger partial charge on any atom is -0.404 e. The normalized spacial score (nSPS) is 18.1. The summed E-state index contributed by atoms with van der Waals surface area (Å²) in [7, 11) is 3.31. The van der Waals surface area contributed by atoms with Crippen LogP contribution in [-0.4, -0.2) is 38.1 Å². The largest absolute Gasteiger partial charge is 0.404 e. The van der Waals surface area contributed by atoms with Crippen LogP contribution in [0.4, 0.5) is 5.69 Å². The zero-order valence-electron chi connectivity index (χ0n) is 15.9. The zero-order chi connectivity index (χ0) is 19.8. The second kappa shape index (κ2) is 9.44. The van der Waals surface area contributed by atoms with Gasteiger partial charge in [0.1, 0.15) is 6.17 Å². The minimum absolute atomic E-state index is 0.196. The molecule has 2 rings (SSSR count). The Morgan fingerprint density at radius 2 is 2.22 bits per heavy atom. The highest BCUT2D eigenvalue weighted by atomic mass is 16.5. The van der Waals surface area contributed by atoms with Crippen molar-refractivity contribution in [2.75, 3.05) is 26.1 Å². The Bertz CT molecular complexity index is 817. The average Bonchev–Trinajstić information content (AvgIpc) is 2.64. The molecule has 0 amide bonds. The predicted octanol–water partition coefficient (Wildman–Crippen LogP) is 1.12. The van der Waals surface area contributed by atoms with E-state index in [9.17, 15) is 0 Å². The Labute approximate surface area is 159 Å². The number of nitrogens with two attached hydrogens (primary N) is 3. The molecule has 0 bridgehead atoms. The highest BCUT2D eigenvalue weighted by Crippen LogP contribution is 2.25. The molecule has 1 unspecified atom stereocenters. The fraction of sp³-hybridized carbons (Fsp3) is 0.263. The third kappa shape index (κ3) is 5.35. The summed E-state index contributed by atoms with van der Waals surface area (Å²) in [6.07, 6.45) is 10.4. The first-order valence-corrected chi connectivity index (χ1v) is 8.45. The maximum atomic E-state index is 6.06. The summed E-state index contributed by atoms with van der Waals surface area (Å²) in [6, 6.07) is 1.99. The van der Waals surface area contributed by atoms with Crippen LogP contribution < -0.4 is 27.8 Å². The molecule has 27 heavy (non-hydrogen) atoms. The van der Waals surface area contributed by atoms with E-state index >= 15 is 0 Å². The summed E-state index contributed by atoms with van der Waals surface area (Å²) in [5, 5.41) is 6.53. The molecular formula is C19H27N7O. The minimum atomic E-state index is -0.196. The molecule has 0 radical (unpaired) electrons. The molecule has 8 nitrogen and oxygen atoms in total. The van der Waals surface area contributed by atoms with Crippen LogP contribution in [0.25, 0.3) is 11.6 Å². The lowest BCUT2D eigenvalue weighted by molar-refractivity contribution is 0.228. The molecule has 0 saturated carbocycles. The monoisotopic (exact) mass is 369 g/mol. The summed E-state index contributed by atoms with van der Waals surface area (Å²) in [5.41, 5.74) is 22.5. The summed E-state index contributed by atoms with van der Waals surface area (Å²) in [6.45, 7) is 2.22. The van der Waals surface area contributed by atoms with Gasteiger partial charge in [0.25, 0.3) is 0 Å². The van der Waals surface area contributed by atoms with Crippen molar-refractivity contribution in [2.45, 2.75) is 13.1 Å². The first kappa shape index (κ1) is 20.1. The first-order chi connectivity index (χ1) is 13.0. The van der Waals surface area contributed by atoms with E-state index < -0.39 is 0 Å². The number of hydrogen-bond donors (Lipinski definition) is 5. The van der Waals surface area contributed by atoms with Gasteiger partial charge < -0.3 is 32.6 Å². The van der Waals surface area contributed by atoms with Crippen molar-refractivity contribution in [3.63, 3.8) is 0 Å². The lowest BCUT2D eigenvalue weighted by Crippen LogP contribution is -2.38. The number of aromatic nitrogens is 1. The fourth-order valence-corrected chi connectivity index (χ4v) is 2.62. The highest BCUT2D eigenvalue weighted by Gasteiger charge is 2.15. The van der Waals surface area contributed by atoms with Crippen LogP contribution >= 0.6 is 0 Å². The van der Waals surface area contributed by atoms with Crippen LogP contribution in [0.1, 0.15) is 18.2 Å². The second-order valence-electron chi connectivity index (χ2n) is 6.04. The van der Waals surface area contributed by atoms with E-state index in [1.807, 2.05) is 25.1 Å². The number of nitrogens with one attached hydrogen (secondary N) is 2. The Kier molecular flexibility index (Phi) is 7.01. The molecule has 0 spiro atoms. The molecule has 1 atom stereocenters.